The zero-order chi connectivity index (χ0) is 13.9. The van der Waals surface area contributed by atoms with Gasteiger partial charge in [0.05, 0.1) is 17.6 Å². The van der Waals surface area contributed by atoms with Crippen molar-refractivity contribution in [3.8, 4) is 0 Å². The quantitative estimate of drug-likeness (QED) is 0.760. The highest BCUT2D eigenvalue weighted by atomic mass is 32.2. The number of ether oxygens (including phenoxy) is 1. The number of nitrogens with zero attached hydrogens (tertiary/aromatic N) is 2. The Morgan fingerprint density at radius 1 is 1.50 bits per heavy atom. The minimum Gasteiger partial charge on any atom is -0.369 e. The Bertz CT molecular complexity index is 765. The highest BCUT2D eigenvalue weighted by molar-refractivity contribution is 7.99. The molecule has 0 aromatic carbocycles. The molecule has 20 heavy (non-hydrogen) atoms. The molecule has 0 saturated heterocycles. The van der Waals surface area contributed by atoms with Gasteiger partial charge >= 0.3 is 0 Å². The van der Waals surface area contributed by atoms with Crippen LogP contribution < -0.4 is 5.56 Å². The first kappa shape index (κ1) is 12.9. The van der Waals surface area contributed by atoms with E-state index < -0.39 is 0 Å². The number of thioether (sulfide) groups is 1. The van der Waals surface area contributed by atoms with Crippen molar-refractivity contribution in [2.24, 2.45) is 0 Å². The lowest BCUT2D eigenvalue weighted by molar-refractivity contribution is -0.0543. The summed E-state index contributed by atoms with van der Waals surface area (Å²) in [5, 5.41) is 1.72. The molecule has 106 valence electrons. The zero-order valence-electron chi connectivity index (χ0n) is 11.6. The molecule has 2 aromatic heterocycles. The Kier molecular flexibility index (Phi) is 2.78. The van der Waals surface area contributed by atoms with Gasteiger partial charge in [-0.25, -0.2) is 4.98 Å². The monoisotopic (exact) mass is 308 g/mol. The van der Waals surface area contributed by atoms with Crippen molar-refractivity contribution in [2.45, 2.75) is 50.6 Å². The van der Waals surface area contributed by atoms with Gasteiger partial charge in [-0.15, -0.1) is 11.3 Å². The smallest absolute Gasteiger partial charge is 0.263 e. The summed E-state index contributed by atoms with van der Waals surface area (Å²) in [6, 6.07) is 0. The molecule has 0 radical (unpaired) electrons. The molecule has 0 aliphatic carbocycles. The second-order valence-corrected chi connectivity index (χ2v) is 7.80. The van der Waals surface area contributed by atoms with Crippen LogP contribution >= 0.6 is 23.1 Å². The summed E-state index contributed by atoms with van der Waals surface area (Å²) >= 11 is 3.30. The van der Waals surface area contributed by atoms with Gasteiger partial charge in [-0.3, -0.25) is 9.36 Å². The maximum Gasteiger partial charge on any atom is 0.263 e. The minimum atomic E-state index is -0.147. The molecular formula is C14H16N2O2S2. The van der Waals surface area contributed by atoms with Crippen molar-refractivity contribution in [3.63, 3.8) is 0 Å². The molecule has 2 aliphatic heterocycles. The Hall–Kier alpha value is -0.850. The van der Waals surface area contributed by atoms with Gasteiger partial charge in [-0.2, -0.15) is 0 Å². The lowest BCUT2D eigenvalue weighted by atomic mass is 9.90. The minimum absolute atomic E-state index is 0.146. The molecule has 2 aliphatic rings. The Balaban J connectivity index is 1.98. The number of hydrogen-bond donors (Lipinski definition) is 0. The van der Waals surface area contributed by atoms with Crippen LogP contribution in [0.5, 0.6) is 0 Å². The van der Waals surface area contributed by atoms with Crippen molar-refractivity contribution in [1.82, 2.24) is 9.55 Å². The van der Waals surface area contributed by atoms with E-state index >= 15 is 0 Å². The molecule has 4 heterocycles. The van der Waals surface area contributed by atoms with Crippen LogP contribution in [-0.4, -0.2) is 20.9 Å². The third-order valence-corrected chi connectivity index (χ3v) is 6.41. The van der Waals surface area contributed by atoms with E-state index in [2.05, 4.69) is 18.8 Å². The molecule has 0 N–H and O–H groups in total. The maximum absolute atomic E-state index is 12.7. The maximum atomic E-state index is 12.7. The largest absolute Gasteiger partial charge is 0.369 e. The van der Waals surface area contributed by atoms with E-state index in [1.54, 1.807) is 23.1 Å². The normalized spacial score (nSPS) is 24.9. The number of hydrogen-bond acceptors (Lipinski definition) is 5. The van der Waals surface area contributed by atoms with Gasteiger partial charge in [0.25, 0.3) is 5.56 Å². The molecule has 0 saturated carbocycles. The van der Waals surface area contributed by atoms with Gasteiger partial charge in [0.15, 0.2) is 5.16 Å². The average molecular weight is 308 g/mol. The van der Waals surface area contributed by atoms with E-state index in [1.807, 2.05) is 4.57 Å². The van der Waals surface area contributed by atoms with E-state index in [4.69, 9.17) is 4.74 Å². The summed E-state index contributed by atoms with van der Waals surface area (Å²) in [5.41, 5.74) is 1.18. The molecule has 2 aromatic rings. The molecule has 0 spiro atoms. The average Bonchev–Trinajstić information content (AvgIpc) is 3.03. The molecule has 0 amide bonds. The van der Waals surface area contributed by atoms with Crippen LogP contribution in [-0.2, 0) is 24.3 Å². The molecule has 0 bridgehead atoms. The highest BCUT2D eigenvalue weighted by Crippen LogP contribution is 2.39. The van der Waals surface area contributed by atoms with Crippen LogP contribution in [0.3, 0.4) is 0 Å². The van der Waals surface area contributed by atoms with Crippen LogP contribution in [0.4, 0.5) is 0 Å². The van der Waals surface area contributed by atoms with Gasteiger partial charge in [-0.1, -0.05) is 18.7 Å². The third-order valence-electron chi connectivity index (χ3n) is 4.36. The molecule has 1 atom stereocenters. The van der Waals surface area contributed by atoms with Crippen LogP contribution in [0.15, 0.2) is 9.95 Å². The number of thiophene rings is 1. The van der Waals surface area contributed by atoms with Gasteiger partial charge in [0.1, 0.15) is 4.83 Å². The Labute approximate surface area is 125 Å². The molecular weight excluding hydrogens is 292 g/mol. The van der Waals surface area contributed by atoms with Crippen molar-refractivity contribution >= 4 is 33.3 Å². The van der Waals surface area contributed by atoms with Crippen LogP contribution in [0.1, 0.15) is 30.7 Å². The number of rotatable bonds is 1. The SMILES string of the molecule is CC[C@]1(C)Cc2c(sc3nc4n(c(=O)c23)CCS4)CO1. The number of fused-ring (bicyclic) bond motifs is 4. The summed E-state index contributed by atoms with van der Waals surface area (Å²) in [4.78, 5) is 19.5. The summed E-state index contributed by atoms with van der Waals surface area (Å²) in [6.07, 6.45) is 1.78. The predicted molar refractivity (Wildman–Crippen MR) is 81.8 cm³/mol. The van der Waals surface area contributed by atoms with E-state index in [-0.39, 0.29) is 11.2 Å². The van der Waals surface area contributed by atoms with Crippen molar-refractivity contribution in [1.29, 1.82) is 0 Å². The lowest BCUT2D eigenvalue weighted by Crippen LogP contribution is -2.34. The fourth-order valence-corrected chi connectivity index (χ4v) is 4.99. The highest BCUT2D eigenvalue weighted by Gasteiger charge is 2.33. The third kappa shape index (κ3) is 1.71. The van der Waals surface area contributed by atoms with Crippen LogP contribution in [0, 0.1) is 0 Å². The summed E-state index contributed by atoms with van der Waals surface area (Å²) in [6.45, 7) is 5.67. The zero-order valence-corrected chi connectivity index (χ0v) is 13.2. The Morgan fingerprint density at radius 3 is 3.15 bits per heavy atom. The first-order valence-electron chi connectivity index (χ1n) is 6.93. The molecule has 6 heteroatoms. The first-order valence-corrected chi connectivity index (χ1v) is 8.73. The van der Waals surface area contributed by atoms with Crippen molar-refractivity contribution < 1.29 is 4.74 Å². The van der Waals surface area contributed by atoms with Crippen LogP contribution in [0.25, 0.3) is 10.2 Å². The molecule has 4 nitrogen and oxygen atoms in total. The molecule has 0 unspecified atom stereocenters. The van der Waals surface area contributed by atoms with Gasteiger partial charge < -0.3 is 4.74 Å². The molecule has 4 rings (SSSR count). The van der Waals surface area contributed by atoms with E-state index in [0.29, 0.717) is 6.61 Å². The summed E-state index contributed by atoms with van der Waals surface area (Å²) in [5.74, 6) is 0.956. The lowest BCUT2D eigenvalue weighted by Gasteiger charge is -2.32. The standard InChI is InChI=1S/C14H16N2O2S2/c1-3-14(2)6-8-9(7-18-14)20-11-10(8)12(17)16-4-5-19-13(16)15-11/h3-7H2,1-2H3/t14-/m1/s1. The van der Waals surface area contributed by atoms with E-state index in [9.17, 15) is 4.79 Å². The Morgan fingerprint density at radius 2 is 2.35 bits per heavy atom. The van der Waals surface area contributed by atoms with Gasteiger partial charge in [0.2, 0.25) is 0 Å². The van der Waals surface area contributed by atoms with E-state index in [0.717, 1.165) is 40.5 Å². The van der Waals surface area contributed by atoms with Crippen LogP contribution in [0.2, 0.25) is 0 Å². The fourth-order valence-electron chi connectivity index (χ4n) is 2.90. The van der Waals surface area contributed by atoms with E-state index in [1.165, 1.54) is 10.4 Å². The van der Waals surface area contributed by atoms with Crippen molar-refractivity contribution in [3.05, 3.63) is 20.8 Å². The summed E-state index contributed by atoms with van der Waals surface area (Å²) in [7, 11) is 0. The van der Waals surface area contributed by atoms with Gasteiger partial charge in [-0.05, 0) is 18.9 Å². The van der Waals surface area contributed by atoms with Gasteiger partial charge in [0, 0.05) is 23.6 Å². The number of aromatic nitrogens is 2. The molecule has 0 fully saturated rings. The fraction of sp³-hybridized carbons (Fsp3) is 0.571. The van der Waals surface area contributed by atoms with Crippen molar-refractivity contribution in [2.75, 3.05) is 5.75 Å². The predicted octanol–water partition coefficient (Wildman–Crippen LogP) is 2.81. The first-order chi connectivity index (χ1) is 9.61. The second-order valence-electron chi connectivity index (χ2n) is 5.65. The second kappa shape index (κ2) is 4.32. The topological polar surface area (TPSA) is 44.1 Å². The summed E-state index contributed by atoms with van der Waals surface area (Å²) < 4.78 is 7.81.